The Morgan fingerprint density at radius 3 is 2.73 bits per heavy atom. The van der Waals surface area contributed by atoms with Gasteiger partial charge in [-0.3, -0.25) is 9.69 Å². The van der Waals surface area contributed by atoms with Gasteiger partial charge in [0.1, 0.15) is 17.0 Å². The summed E-state index contributed by atoms with van der Waals surface area (Å²) >= 11 is 1.62. The third-order valence-electron chi connectivity index (χ3n) is 5.74. The van der Waals surface area contributed by atoms with Gasteiger partial charge in [0.25, 0.3) is 0 Å². The van der Waals surface area contributed by atoms with Crippen molar-refractivity contribution in [1.29, 1.82) is 0 Å². The number of nitrogens with zero attached hydrogens (tertiary/aromatic N) is 4. The fourth-order valence-electron chi connectivity index (χ4n) is 4.34. The Hall–Kier alpha value is -2.55. The molecule has 0 aliphatic carbocycles. The number of anilines is 2. The minimum atomic E-state index is -0.0386. The molecule has 1 aromatic carbocycles. The summed E-state index contributed by atoms with van der Waals surface area (Å²) in [6.45, 7) is 8.13. The third kappa shape index (κ3) is 4.03. The van der Waals surface area contributed by atoms with E-state index in [0.717, 1.165) is 45.9 Å². The van der Waals surface area contributed by atoms with Crippen LogP contribution in [0.25, 0.3) is 10.2 Å². The number of hydrogen-bond acceptors (Lipinski definition) is 7. The molecule has 3 heterocycles. The highest BCUT2D eigenvalue weighted by atomic mass is 32.1. The Morgan fingerprint density at radius 1 is 1.23 bits per heavy atom. The molecule has 1 aliphatic heterocycles. The maximum absolute atomic E-state index is 12.7. The maximum Gasteiger partial charge on any atom is 0.238 e. The minimum Gasteiger partial charge on any atom is -0.392 e. The predicted octanol–water partition coefficient (Wildman–Crippen LogP) is 3.03. The summed E-state index contributed by atoms with van der Waals surface area (Å²) < 4.78 is 0. The van der Waals surface area contributed by atoms with E-state index in [9.17, 15) is 9.90 Å². The van der Waals surface area contributed by atoms with Gasteiger partial charge in [0, 0.05) is 30.9 Å². The Labute approximate surface area is 180 Å². The summed E-state index contributed by atoms with van der Waals surface area (Å²) in [6, 6.07) is 8.11. The second-order valence-electron chi connectivity index (χ2n) is 7.93. The average molecular weight is 426 g/mol. The Bertz CT molecular complexity index is 1040. The molecular formula is C22H27N5O2S. The molecule has 1 amide bonds. The molecule has 8 heteroatoms. The van der Waals surface area contributed by atoms with Crippen LogP contribution >= 0.6 is 11.3 Å². The number of nitrogens with one attached hydrogen (secondary N) is 1. The quantitative estimate of drug-likeness (QED) is 0.654. The number of carbonyl (C=O) groups excluding carboxylic acids is 1. The molecule has 158 valence electrons. The Morgan fingerprint density at radius 2 is 2.00 bits per heavy atom. The number of aromatic nitrogens is 2. The molecule has 4 rings (SSSR count). The van der Waals surface area contributed by atoms with Crippen LogP contribution in [0.5, 0.6) is 0 Å². The number of carbonyl (C=O) groups is 1. The number of benzene rings is 1. The highest BCUT2D eigenvalue weighted by Gasteiger charge is 2.32. The van der Waals surface area contributed by atoms with E-state index in [2.05, 4.69) is 45.0 Å². The predicted molar refractivity (Wildman–Crippen MR) is 121 cm³/mol. The molecule has 7 nitrogen and oxygen atoms in total. The molecule has 0 radical (unpaired) electrons. The van der Waals surface area contributed by atoms with Gasteiger partial charge >= 0.3 is 0 Å². The molecule has 0 bridgehead atoms. The Balaban J connectivity index is 1.44. The first kappa shape index (κ1) is 20.7. The summed E-state index contributed by atoms with van der Waals surface area (Å²) in [7, 11) is 0. The van der Waals surface area contributed by atoms with Crippen LogP contribution in [-0.4, -0.2) is 57.6 Å². The number of aliphatic hydroxyl groups excluding tert-OH is 1. The lowest BCUT2D eigenvalue weighted by Gasteiger charge is -2.45. The largest absolute Gasteiger partial charge is 0.392 e. The summed E-state index contributed by atoms with van der Waals surface area (Å²) in [5, 5.41) is 15.6. The smallest absolute Gasteiger partial charge is 0.238 e. The van der Waals surface area contributed by atoms with Crippen LogP contribution in [0, 0.1) is 6.92 Å². The van der Waals surface area contributed by atoms with E-state index >= 15 is 0 Å². The fraction of sp³-hybridized carbons (Fsp3) is 0.409. The van der Waals surface area contributed by atoms with Crippen LogP contribution in [0.2, 0.25) is 0 Å². The van der Waals surface area contributed by atoms with Gasteiger partial charge in [-0.15, -0.1) is 11.3 Å². The molecule has 3 aromatic rings. The number of aliphatic hydroxyl groups is 1. The number of piperazine rings is 1. The van der Waals surface area contributed by atoms with Gasteiger partial charge in [-0.05, 0) is 49.4 Å². The zero-order chi connectivity index (χ0) is 21.3. The first-order valence-electron chi connectivity index (χ1n) is 10.2. The second kappa shape index (κ2) is 8.67. The van der Waals surface area contributed by atoms with Crippen molar-refractivity contribution in [3.8, 4) is 0 Å². The molecule has 2 atom stereocenters. The van der Waals surface area contributed by atoms with Crippen molar-refractivity contribution >= 4 is 39.0 Å². The van der Waals surface area contributed by atoms with E-state index in [1.165, 1.54) is 0 Å². The molecule has 2 unspecified atom stereocenters. The van der Waals surface area contributed by atoms with E-state index in [1.54, 1.807) is 17.7 Å². The number of fused-ring (bicyclic) bond motifs is 1. The van der Waals surface area contributed by atoms with Gasteiger partial charge < -0.3 is 15.3 Å². The van der Waals surface area contributed by atoms with Gasteiger partial charge in [0.05, 0.1) is 18.5 Å². The molecular weight excluding hydrogens is 398 g/mol. The van der Waals surface area contributed by atoms with Crippen molar-refractivity contribution in [2.24, 2.45) is 0 Å². The molecule has 2 N–H and O–H groups in total. The van der Waals surface area contributed by atoms with Crippen molar-refractivity contribution in [2.45, 2.75) is 39.5 Å². The van der Waals surface area contributed by atoms with Gasteiger partial charge in [0.15, 0.2) is 0 Å². The average Bonchev–Trinajstić information content (AvgIpc) is 3.18. The topological polar surface area (TPSA) is 81.6 Å². The van der Waals surface area contributed by atoms with Gasteiger partial charge in [-0.1, -0.05) is 12.1 Å². The number of thiophene rings is 1. The lowest BCUT2D eigenvalue weighted by molar-refractivity contribution is -0.117. The van der Waals surface area contributed by atoms with Crippen molar-refractivity contribution in [2.75, 3.05) is 29.9 Å². The standard InChI is InChI=1S/C22H27N5O2S/c1-14-9-26(11-20(29)25-19-6-4-5-17(12-28)16(19)3)10-15(2)27(14)21-18-7-8-30-22(18)24-13-23-21/h4-8,13-15,28H,9-12H2,1-3H3,(H,25,29). The molecule has 30 heavy (non-hydrogen) atoms. The number of hydrogen-bond donors (Lipinski definition) is 2. The van der Waals surface area contributed by atoms with Crippen LogP contribution in [0.15, 0.2) is 36.0 Å². The van der Waals surface area contributed by atoms with E-state index in [0.29, 0.717) is 6.54 Å². The SMILES string of the molecule is Cc1c(CO)cccc1NC(=O)CN1CC(C)N(c2ncnc3sccc23)C(C)C1. The van der Waals surface area contributed by atoms with Crippen molar-refractivity contribution in [3.05, 3.63) is 47.1 Å². The van der Waals surface area contributed by atoms with Crippen LogP contribution in [0.4, 0.5) is 11.5 Å². The van der Waals surface area contributed by atoms with E-state index in [4.69, 9.17) is 0 Å². The normalized spacial score (nSPS) is 19.9. The van der Waals surface area contributed by atoms with E-state index < -0.39 is 0 Å². The number of rotatable bonds is 5. The summed E-state index contributed by atoms with van der Waals surface area (Å²) in [6.07, 6.45) is 1.64. The van der Waals surface area contributed by atoms with Crippen molar-refractivity contribution < 1.29 is 9.90 Å². The van der Waals surface area contributed by atoms with Gasteiger partial charge in [-0.2, -0.15) is 0 Å². The van der Waals surface area contributed by atoms with Crippen LogP contribution in [0.3, 0.4) is 0 Å². The maximum atomic E-state index is 12.7. The molecule has 1 aliphatic rings. The molecule has 2 aromatic heterocycles. The first-order valence-corrected chi connectivity index (χ1v) is 11.0. The first-order chi connectivity index (χ1) is 14.5. The lowest BCUT2D eigenvalue weighted by atomic mass is 10.1. The molecule has 1 saturated heterocycles. The monoisotopic (exact) mass is 425 g/mol. The van der Waals surface area contributed by atoms with Crippen LogP contribution < -0.4 is 10.2 Å². The molecule has 1 fully saturated rings. The van der Waals surface area contributed by atoms with Gasteiger partial charge in [-0.25, -0.2) is 9.97 Å². The minimum absolute atomic E-state index is 0.0347. The van der Waals surface area contributed by atoms with E-state index in [1.807, 2.05) is 30.5 Å². The second-order valence-corrected chi connectivity index (χ2v) is 8.83. The molecule has 0 saturated carbocycles. The summed E-state index contributed by atoms with van der Waals surface area (Å²) in [5.41, 5.74) is 2.49. The zero-order valence-electron chi connectivity index (χ0n) is 17.5. The highest BCUT2D eigenvalue weighted by Crippen LogP contribution is 2.31. The Kier molecular flexibility index (Phi) is 5.99. The third-order valence-corrected chi connectivity index (χ3v) is 6.56. The summed E-state index contributed by atoms with van der Waals surface area (Å²) in [5.74, 6) is 0.935. The molecule has 0 spiro atoms. The van der Waals surface area contributed by atoms with Crippen molar-refractivity contribution in [3.63, 3.8) is 0 Å². The lowest BCUT2D eigenvalue weighted by Crippen LogP contribution is -2.58. The zero-order valence-corrected chi connectivity index (χ0v) is 18.3. The highest BCUT2D eigenvalue weighted by molar-refractivity contribution is 7.16. The summed E-state index contributed by atoms with van der Waals surface area (Å²) in [4.78, 5) is 27.2. The van der Waals surface area contributed by atoms with Gasteiger partial charge in [0.2, 0.25) is 5.91 Å². The fourth-order valence-corrected chi connectivity index (χ4v) is 5.07. The van der Waals surface area contributed by atoms with Crippen molar-refractivity contribution in [1.82, 2.24) is 14.9 Å². The van der Waals surface area contributed by atoms with E-state index in [-0.39, 0.29) is 24.6 Å². The van der Waals surface area contributed by atoms with Crippen LogP contribution in [0.1, 0.15) is 25.0 Å². The number of amides is 1. The van der Waals surface area contributed by atoms with Crippen LogP contribution in [-0.2, 0) is 11.4 Å².